The van der Waals surface area contributed by atoms with Gasteiger partial charge in [-0.2, -0.15) is 10.5 Å². The number of carboxylic acid groups (broad SMARTS) is 1. The van der Waals surface area contributed by atoms with Crippen LogP contribution in [0.25, 0.3) is 0 Å². The Morgan fingerprint density at radius 2 is 1.24 bits per heavy atom. The molecule has 4 rings (SSSR count). The predicted molar refractivity (Wildman–Crippen MR) is 118 cm³/mol. The molecule has 2 aliphatic rings. The maximum absolute atomic E-state index is 11.5. The maximum atomic E-state index is 11.5. The number of nitrogens with zero attached hydrogens (tertiary/aromatic N) is 2. The van der Waals surface area contributed by atoms with Gasteiger partial charge in [0.25, 0.3) is 0 Å². The van der Waals surface area contributed by atoms with Crippen LogP contribution in [0.15, 0.2) is 24.3 Å². The fourth-order valence-corrected chi connectivity index (χ4v) is 3.68. The van der Waals surface area contributed by atoms with E-state index in [4.69, 9.17) is 25.1 Å². The number of carbonyl (C=O) groups is 2. The van der Waals surface area contributed by atoms with Crippen LogP contribution < -0.4 is 9.47 Å². The molecule has 0 aliphatic heterocycles. The first-order valence-electron chi connectivity index (χ1n) is 10.4. The topological polar surface area (TPSA) is 130 Å². The molecule has 0 radical (unpaired) electrons. The van der Waals surface area contributed by atoms with Crippen molar-refractivity contribution in [3.63, 3.8) is 0 Å². The van der Waals surface area contributed by atoms with Gasteiger partial charge in [-0.3, -0.25) is 0 Å². The molecular formula is C25H24N2O6. The molecule has 2 aromatic rings. The summed E-state index contributed by atoms with van der Waals surface area (Å²) in [6.45, 7) is 0. The van der Waals surface area contributed by atoms with Crippen LogP contribution in [-0.4, -0.2) is 38.4 Å². The SMILES string of the molecule is COC(=O)c1cc(C#N)c(OC)c(C2CC2)c1.COc1c(C#N)cc(C(=O)O)cc1C1CC1. The van der Waals surface area contributed by atoms with Gasteiger partial charge in [0.05, 0.1) is 43.6 Å². The molecular weight excluding hydrogens is 424 g/mol. The molecule has 0 bridgehead atoms. The number of rotatable bonds is 6. The van der Waals surface area contributed by atoms with Crippen molar-refractivity contribution in [1.82, 2.24) is 0 Å². The van der Waals surface area contributed by atoms with Crippen LogP contribution in [0.4, 0.5) is 0 Å². The Bertz CT molecular complexity index is 1170. The summed E-state index contributed by atoms with van der Waals surface area (Å²) in [5.74, 6) is 0.424. The summed E-state index contributed by atoms with van der Waals surface area (Å²) in [6.07, 6.45) is 4.21. The van der Waals surface area contributed by atoms with E-state index in [-0.39, 0.29) is 5.56 Å². The van der Waals surface area contributed by atoms with E-state index < -0.39 is 11.9 Å². The fourth-order valence-electron chi connectivity index (χ4n) is 3.68. The van der Waals surface area contributed by atoms with Crippen LogP contribution in [0, 0.1) is 22.7 Å². The minimum Gasteiger partial charge on any atom is -0.495 e. The number of ether oxygens (including phenoxy) is 3. The Balaban J connectivity index is 0.000000186. The first-order valence-corrected chi connectivity index (χ1v) is 10.4. The van der Waals surface area contributed by atoms with Crippen LogP contribution in [0.1, 0.15) is 80.5 Å². The van der Waals surface area contributed by atoms with E-state index in [9.17, 15) is 9.59 Å². The highest BCUT2D eigenvalue weighted by Gasteiger charge is 2.30. The summed E-state index contributed by atoms with van der Waals surface area (Å²) in [5.41, 5.74) is 3.03. The lowest BCUT2D eigenvalue weighted by Crippen LogP contribution is -2.04. The summed E-state index contributed by atoms with van der Waals surface area (Å²) in [7, 11) is 4.37. The second-order valence-electron chi connectivity index (χ2n) is 7.86. The van der Waals surface area contributed by atoms with Crippen molar-refractivity contribution in [2.45, 2.75) is 37.5 Å². The second-order valence-corrected chi connectivity index (χ2v) is 7.86. The monoisotopic (exact) mass is 448 g/mol. The van der Waals surface area contributed by atoms with E-state index >= 15 is 0 Å². The van der Waals surface area contributed by atoms with E-state index in [1.54, 1.807) is 19.2 Å². The number of esters is 1. The smallest absolute Gasteiger partial charge is 0.337 e. The molecule has 2 fully saturated rings. The van der Waals surface area contributed by atoms with Crippen molar-refractivity contribution < 1.29 is 28.9 Å². The van der Waals surface area contributed by atoms with Crippen molar-refractivity contribution in [3.8, 4) is 23.6 Å². The normalized spacial score (nSPS) is 14.1. The van der Waals surface area contributed by atoms with E-state index in [0.717, 1.165) is 36.8 Å². The summed E-state index contributed by atoms with van der Waals surface area (Å²) in [4.78, 5) is 22.4. The molecule has 8 nitrogen and oxygen atoms in total. The predicted octanol–water partition coefficient (Wildman–Crippen LogP) is 4.37. The maximum Gasteiger partial charge on any atom is 0.337 e. The van der Waals surface area contributed by atoms with Gasteiger partial charge in [0.2, 0.25) is 0 Å². The molecule has 0 atom stereocenters. The molecule has 1 N–H and O–H groups in total. The molecule has 2 aromatic carbocycles. The lowest BCUT2D eigenvalue weighted by molar-refractivity contribution is 0.0599. The second kappa shape index (κ2) is 10.1. The van der Waals surface area contributed by atoms with Crippen molar-refractivity contribution in [1.29, 1.82) is 10.5 Å². The number of methoxy groups -OCH3 is 3. The zero-order valence-corrected chi connectivity index (χ0v) is 18.7. The lowest BCUT2D eigenvalue weighted by atomic mass is 10.0. The number of carbonyl (C=O) groups excluding carboxylic acids is 1. The Kier molecular flexibility index (Phi) is 7.20. The molecule has 0 amide bonds. The molecule has 0 aromatic heterocycles. The third-order valence-electron chi connectivity index (χ3n) is 5.59. The summed E-state index contributed by atoms with van der Waals surface area (Å²) < 4.78 is 15.1. The fraction of sp³-hybridized carbons (Fsp3) is 0.360. The number of benzene rings is 2. The Labute approximate surface area is 191 Å². The summed E-state index contributed by atoms with van der Waals surface area (Å²) in [6, 6.07) is 10.3. The lowest BCUT2D eigenvalue weighted by Gasteiger charge is -2.11. The van der Waals surface area contributed by atoms with Gasteiger partial charge in [-0.25, -0.2) is 9.59 Å². The van der Waals surface area contributed by atoms with Crippen molar-refractivity contribution >= 4 is 11.9 Å². The highest BCUT2D eigenvalue weighted by Crippen LogP contribution is 2.46. The molecule has 170 valence electrons. The van der Waals surface area contributed by atoms with Gasteiger partial charge >= 0.3 is 11.9 Å². The first-order chi connectivity index (χ1) is 15.9. The molecule has 8 heteroatoms. The first kappa shape index (κ1) is 23.6. The number of carboxylic acids is 1. The van der Waals surface area contributed by atoms with Gasteiger partial charge < -0.3 is 19.3 Å². The molecule has 0 heterocycles. The number of nitriles is 2. The van der Waals surface area contributed by atoms with Crippen LogP contribution >= 0.6 is 0 Å². The summed E-state index contributed by atoms with van der Waals surface area (Å²) in [5, 5.41) is 27.0. The number of aromatic carboxylic acids is 1. The zero-order valence-electron chi connectivity index (χ0n) is 18.7. The molecule has 2 saturated carbocycles. The third-order valence-corrected chi connectivity index (χ3v) is 5.59. The largest absolute Gasteiger partial charge is 0.495 e. The van der Waals surface area contributed by atoms with E-state index in [1.807, 2.05) is 6.07 Å². The van der Waals surface area contributed by atoms with E-state index in [0.29, 0.717) is 40.0 Å². The Hall–Kier alpha value is -4.04. The van der Waals surface area contributed by atoms with Gasteiger partial charge in [0, 0.05) is 0 Å². The average Bonchev–Trinajstić information content (AvgIpc) is 3.74. The molecule has 0 spiro atoms. The summed E-state index contributed by atoms with van der Waals surface area (Å²) >= 11 is 0. The molecule has 0 unspecified atom stereocenters. The Morgan fingerprint density at radius 3 is 1.58 bits per heavy atom. The van der Waals surface area contributed by atoms with Gasteiger partial charge in [-0.1, -0.05) is 0 Å². The molecule has 0 saturated heterocycles. The van der Waals surface area contributed by atoms with Gasteiger partial charge in [0.1, 0.15) is 23.6 Å². The van der Waals surface area contributed by atoms with E-state index in [2.05, 4.69) is 10.8 Å². The molecule has 33 heavy (non-hydrogen) atoms. The quantitative estimate of drug-likeness (QED) is 0.645. The van der Waals surface area contributed by atoms with Crippen molar-refractivity contribution in [2.75, 3.05) is 21.3 Å². The highest BCUT2D eigenvalue weighted by molar-refractivity contribution is 5.90. The standard InChI is InChI=1S/C13H13NO3.C12H11NO3/c1-16-12-10(7-14)5-9(13(15)17-2)6-11(12)8-3-4-8;1-16-11-9(6-13)4-8(12(14)15)5-10(11)7-2-3-7/h5-6,8H,3-4H2,1-2H3;4-5,7H,2-3H2,1H3,(H,14,15). The van der Waals surface area contributed by atoms with Crippen LogP contribution in [0.2, 0.25) is 0 Å². The zero-order chi connectivity index (χ0) is 24.1. The van der Waals surface area contributed by atoms with Crippen LogP contribution in [0.5, 0.6) is 11.5 Å². The minimum absolute atomic E-state index is 0.152. The highest BCUT2D eigenvalue weighted by atomic mass is 16.5. The average molecular weight is 448 g/mol. The van der Waals surface area contributed by atoms with Crippen molar-refractivity contribution in [3.05, 3.63) is 57.6 Å². The third kappa shape index (κ3) is 5.24. The van der Waals surface area contributed by atoms with Gasteiger partial charge in [-0.15, -0.1) is 0 Å². The van der Waals surface area contributed by atoms with Gasteiger partial charge in [0.15, 0.2) is 0 Å². The number of hydrogen-bond acceptors (Lipinski definition) is 7. The van der Waals surface area contributed by atoms with Crippen molar-refractivity contribution in [2.24, 2.45) is 0 Å². The Morgan fingerprint density at radius 1 is 0.818 bits per heavy atom. The van der Waals surface area contributed by atoms with Gasteiger partial charge in [-0.05, 0) is 72.9 Å². The molecule has 2 aliphatic carbocycles. The van der Waals surface area contributed by atoms with Crippen LogP contribution in [0.3, 0.4) is 0 Å². The minimum atomic E-state index is -1.01. The number of hydrogen-bond donors (Lipinski definition) is 1. The van der Waals surface area contributed by atoms with E-state index in [1.165, 1.54) is 26.4 Å². The van der Waals surface area contributed by atoms with Crippen LogP contribution in [-0.2, 0) is 4.74 Å².